The van der Waals surface area contributed by atoms with Crippen LogP contribution in [-0.4, -0.2) is 12.5 Å². The van der Waals surface area contributed by atoms with E-state index in [1.54, 1.807) is 0 Å². The van der Waals surface area contributed by atoms with E-state index in [-0.39, 0.29) is 11.3 Å². The molecule has 0 radical (unpaired) electrons. The van der Waals surface area contributed by atoms with E-state index in [0.29, 0.717) is 12.3 Å². The van der Waals surface area contributed by atoms with Gasteiger partial charge < -0.3 is 5.32 Å². The van der Waals surface area contributed by atoms with E-state index in [0.717, 1.165) is 19.4 Å². The van der Waals surface area contributed by atoms with E-state index in [1.807, 2.05) is 0 Å². The molecule has 0 saturated heterocycles. The Morgan fingerprint density at radius 1 is 1.13 bits per heavy atom. The Balaban J connectivity index is 2.35. The van der Waals surface area contributed by atoms with E-state index in [4.69, 9.17) is 0 Å². The summed E-state index contributed by atoms with van der Waals surface area (Å²) in [7, 11) is 0. The van der Waals surface area contributed by atoms with Gasteiger partial charge in [0, 0.05) is 13.0 Å². The predicted molar refractivity (Wildman–Crippen MR) is 99.8 cm³/mol. The lowest BCUT2D eigenvalue weighted by molar-refractivity contribution is -0.121. The molecule has 1 amide bonds. The van der Waals surface area contributed by atoms with Gasteiger partial charge in [0.25, 0.3) is 0 Å². The van der Waals surface area contributed by atoms with Gasteiger partial charge in [-0.05, 0) is 35.3 Å². The number of hydrogen-bond donors (Lipinski definition) is 1. The number of carbonyl (C=O) groups excluding carboxylic acids is 1. The molecule has 0 aliphatic rings. The van der Waals surface area contributed by atoms with Crippen molar-refractivity contribution in [3.05, 3.63) is 35.4 Å². The van der Waals surface area contributed by atoms with Crippen molar-refractivity contribution in [3.63, 3.8) is 0 Å². The van der Waals surface area contributed by atoms with Crippen LogP contribution in [0, 0.1) is 5.92 Å². The summed E-state index contributed by atoms with van der Waals surface area (Å²) >= 11 is 0. The largest absolute Gasteiger partial charge is 0.356 e. The van der Waals surface area contributed by atoms with Crippen LogP contribution in [0.2, 0.25) is 0 Å². The molecule has 0 fully saturated rings. The lowest BCUT2D eigenvalue weighted by Crippen LogP contribution is -2.29. The van der Waals surface area contributed by atoms with E-state index >= 15 is 0 Å². The standard InChI is InChI=1S/C21H35NO/c1-6-8-9-17(7-2)16-22-20(23)15-12-18-10-13-19(14-11-18)21(3,4)5/h10-11,13-14,17H,6-9,12,15-16H2,1-5H3,(H,22,23)/t17-/m1/s1. The van der Waals surface area contributed by atoms with Crippen molar-refractivity contribution < 1.29 is 4.79 Å². The third-order valence-corrected chi connectivity index (χ3v) is 4.59. The Kier molecular flexibility index (Phi) is 8.36. The highest BCUT2D eigenvalue weighted by atomic mass is 16.1. The third kappa shape index (κ3) is 7.67. The quantitative estimate of drug-likeness (QED) is 0.662. The van der Waals surface area contributed by atoms with Gasteiger partial charge in [0.15, 0.2) is 0 Å². The fraction of sp³-hybridized carbons (Fsp3) is 0.667. The number of carbonyl (C=O) groups is 1. The summed E-state index contributed by atoms with van der Waals surface area (Å²) < 4.78 is 0. The topological polar surface area (TPSA) is 29.1 Å². The molecule has 1 N–H and O–H groups in total. The maximum absolute atomic E-state index is 12.0. The van der Waals surface area contributed by atoms with Crippen LogP contribution in [0.1, 0.15) is 77.8 Å². The molecular formula is C21H35NO. The molecule has 23 heavy (non-hydrogen) atoms. The van der Waals surface area contributed by atoms with Gasteiger partial charge in [-0.2, -0.15) is 0 Å². The first-order valence-electron chi connectivity index (χ1n) is 9.23. The van der Waals surface area contributed by atoms with Crippen LogP contribution in [0.4, 0.5) is 0 Å². The average Bonchev–Trinajstić information content (AvgIpc) is 2.52. The highest BCUT2D eigenvalue weighted by molar-refractivity contribution is 5.76. The minimum atomic E-state index is 0.180. The summed E-state index contributed by atoms with van der Waals surface area (Å²) in [5, 5.41) is 3.11. The first kappa shape index (κ1) is 19.7. The molecule has 0 spiro atoms. The lowest BCUT2D eigenvalue weighted by atomic mass is 9.86. The second-order valence-corrected chi connectivity index (χ2v) is 7.67. The molecule has 0 aliphatic heterocycles. The monoisotopic (exact) mass is 317 g/mol. The fourth-order valence-electron chi connectivity index (χ4n) is 2.72. The molecule has 1 rings (SSSR count). The molecule has 1 atom stereocenters. The van der Waals surface area contributed by atoms with E-state index in [9.17, 15) is 4.79 Å². The van der Waals surface area contributed by atoms with Gasteiger partial charge in [-0.15, -0.1) is 0 Å². The smallest absolute Gasteiger partial charge is 0.220 e. The van der Waals surface area contributed by atoms with Crippen molar-refractivity contribution in [1.82, 2.24) is 5.32 Å². The number of nitrogens with one attached hydrogen (secondary N) is 1. The normalized spacial score (nSPS) is 12.9. The molecule has 1 aromatic rings. The van der Waals surface area contributed by atoms with Crippen LogP contribution >= 0.6 is 0 Å². The Labute approximate surface area is 143 Å². The van der Waals surface area contributed by atoms with Gasteiger partial charge in [0.2, 0.25) is 5.91 Å². The Morgan fingerprint density at radius 2 is 1.78 bits per heavy atom. The van der Waals surface area contributed by atoms with Crippen molar-refractivity contribution in [2.24, 2.45) is 5.92 Å². The van der Waals surface area contributed by atoms with Gasteiger partial charge in [-0.1, -0.05) is 78.1 Å². The Bertz CT molecular complexity index is 456. The number of amides is 1. The number of rotatable bonds is 9. The summed E-state index contributed by atoms with van der Waals surface area (Å²) in [6.07, 6.45) is 6.26. The molecule has 0 saturated carbocycles. The maximum Gasteiger partial charge on any atom is 0.220 e. The number of aryl methyl sites for hydroxylation is 1. The number of hydrogen-bond acceptors (Lipinski definition) is 1. The van der Waals surface area contributed by atoms with E-state index < -0.39 is 0 Å². The fourth-order valence-corrected chi connectivity index (χ4v) is 2.72. The minimum Gasteiger partial charge on any atom is -0.356 e. The van der Waals surface area contributed by atoms with Crippen LogP contribution in [-0.2, 0) is 16.6 Å². The molecule has 0 heterocycles. The molecule has 2 heteroatoms. The summed E-state index contributed by atoms with van der Waals surface area (Å²) in [5.41, 5.74) is 2.77. The van der Waals surface area contributed by atoms with Crippen molar-refractivity contribution >= 4 is 5.91 Å². The van der Waals surface area contributed by atoms with Gasteiger partial charge in [0.05, 0.1) is 0 Å². The van der Waals surface area contributed by atoms with Crippen LogP contribution in [0.3, 0.4) is 0 Å². The predicted octanol–water partition coefficient (Wildman–Crippen LogP) is 5.25. The van der Waals surface area contributed by atoms with Crippen molar-refractivity contribution in [3.8, 4) is 0 Å². The molecular weight excluding hydrogens is 282 g/mol. The van der Waals surface area contributed by atoms with Gasteiger partial charge in [0.1, 0.15) is 0 Å². The minimum absolute atomic E-state index is 0.180. The summed E-state index contributed by atoms with van der Waals surface area (Å²) in [6.45, 7) is 11.9. The molecule has 0 unspecified atom stereocenters. The second kappa shape index (κ2) is 9.75. The Hall–Kier alpha value is -1.31. The maximum atomic E-state index is 12.0. The highest BCUT2D eigenvalue weighted by Crippen LogP contribution is 2.22. The average molecular weight is 318 g/mol. The Morgan fingerprint density at radius 3 is 2.30 bits per heavy atom. The summed E-state index contributed by atoms with van der Waals surface area (Å²) in [6, 6.07) is 8.68. The van der Waals surface area contributed by atoms with Crippen LogP contribution in [0.5, 0.6) is 0 Å². The first-order chi connectivity index (χ1) is 10.9. The van der Waals surface area contributed by atoms with E-state index in [1.165, 1.54) is 30.4 Å². The molecule has 1 aromatic carbocycles. The van der Waals surface area contributed by atoms with Crippen LogP contribution in [0.25, 0.3) is 0 Å². The summed E-state index contributed by atoms with van der Waals surface area (Å²) in [5.74, 6) is 0.810. The number of benzene rings is 1. The molecule has 130 valence electrons. The molecule has 2 nitrogen and oxygen atoms in total. The third-order valence-electron chi connectivity index (χ3n) is 4.59. The van der Waals surface area contributed by atoms with Gasteiger partial charge >= 0.3 is 0 Å². The zero-order valence-corrected chi connectivity index (χ0v) is 15.7. The van der Waals surface area contributed by atoms with Crippen molar-refractivity contribution in [2.45, 2.75) is 78.6 Å². The highest BCUT2D eigenvalue weighted by Gasteiger charge is 2.13. The van der Waals surface area contributed by atoms with Crippen LogP contribution < -0.4 is 5.32 Å². The molecule has 0 aliphatic carbocycles. The zero-order chi connectivity index (χ0) is 17.3. The van der Waals surface area contributed by atoms with Gasteiger partial charge in [-0.25, -0.2) is 0 Å². The second-order valence-electron chi connectivity index (χ2n) is 7.67. The van der Waals surface area contributed by atoms with Crippen molar-refractivity contribution in [1.29, 1.82) is 0 Å². The summed E-state index contributed by atoms with van der Waals surface area (Å²) in [4.78, 5) is 12.0. The zero-order valence-electron chi connectivity index (χ0n) is 15.7. The molecule has 0 aromatic heterocycles. The first-order valence-corrected chi connectivity index (χ1v) is 9.23. The van der Waals surface area contributed by atoms with Crippen LogP contribution in [0.15, 0.2) is 24.3 Å². The SMILES string of the molecule is CCCC[C@@H](CC)CNC(=O)CCc1ccc(C(C)(C)C)cc1. The van der Waals surface area contributed by atoms with Gasteiger partial charge in [-0.3, -0.25) is 4.79 Å². The lowest BCUT2D eigenvalue weighted by Gasteiger charge is -2.19. The molecule has 0 bridgehead atoms. The number of unbranched alkanes of at least 4 members (excludes halogenated alkanes) is 1. The van der Waals surface area contributed by atoms with E-state index in [2.05, 4.69) is 64.2 Å². The van der Waals surface area contributed by atoms with Crippen molar-refractivity contribution in [2.75, 3.05) is 6.54 Å².